The molecule has 0 spiro atoms. The van der Waals surface area contributed by atoms with Crippen LogP contribution >= 0.6 is 11.6 Å². The van der Waals surface area contributed by atoms with Gasteiger partial charge >= 0.3 is 0 Å². The van der Waals surface area contributed by atoms with Crippen LogP contribution in [0.1, 0.15) is 11.1 Å². The fourth-order valence-corrected chi connectivity index (χ4v) is 3.79. The zero-order chi connectivity index (χ0) is 22.7. The van der Waals surface area contributed by atoms with Crippen LogP contribution in [0.15, 0.2) is 48.5 Å². The van der Waals surface area contributed by atoms with E-state index in [4.69, 9.17) is 16.3 Å². The molecule has 2 aromatic carbocycles. The third kappa shape index (κ3) is 4.99. The lowest BCUT2D eigenvalue weighted by Crippen LogP contribution is -2.50. The highest BCUT2D eigenvalue weighted by atomic mass is 35.5. The second-order valence-electron chi connectivity index (χ2n) is 7.81. The van der Waals surface area contributed by atoms with Crippen LogP contribution in [-0.4, -0.2) is 53.8 Å². The predicted molar refractivity (Wildman–Crippen MR) is 123 cm³/mol. The van der Waals surface area contributed by atoms with Crippen molar-refractivity contribution in [3.8, 4) is 17.0 Å². The number of halogens is 2. The molecule has 1 fully saturated rings. The van der Waals surface area contributed by atoms with Crippen molar-refractivity contribution in [3.05, 3.63) is 70.5 Å². The van der Waals surface area contributed by atoms with Crippen LogP contribution in [0.25, 0.3) is 11.3 Å². The van der Waals surface area contributed by atoms with E-state index >= 15 is 0 Å². The number of nitrogens with zero attached hydrogens (tertiary/aromatic N) is 4. The van der Waals surface area contributed by atoms with E-state index in [9.17, 15) is 9.18 Å². The minimum Gasteiger partial charge on any atom is -0.484 e. The predicted octanol–water partition coefficient (Wildman–Crippen LogP) is 4.28. The molecule has 0 unspecified atom stereocenters. The van der Waals surface area contributed by atoms with Gasteiger partial charge in [-0.05, 0) is 73.5 Å². The third-order valence-electron chi connectivity index (χ3n) is 5.52. The number of benzene rings is 2. The SMILES string of the molecule is Cc1cc(OCC(=O)N2CCN(c3ccc(-c4ccc(F)cc4)nn3)CC2)cc(C)c1Cl. The largest absolute Gasteiger partial charge is 0.484 e. The Hall–Kier alpha value is -3.19. The maximum Gasteiger partial charge on any atom is 0.260 e. The molecular formula is C24H24ClFN4O2. The summed E-state index contributed by atoms with van der Waals surface area (Å²) in [6, 6.07) is 13.6. The summed E-state index contributed by atoms with van der Waals surface area (Å²) < 4.78 is 18.8. The molecule has 1 amide bonds. The summed E-state index contributed by atoms with van der Waals surface area (Å²) in [6.45, 7) is 6.32. The van der Waals surface area contributed by atoms with Gasteiger partial charge in [-0.3, -0.25) is 4.79 Å². The summed E-state index contributed by atoms with van der Waals surface area (Å²) in [5, 5.41) is 9.30. The second kappa shape index (κ2) is 9.53. The van der Waals surface area contributed by atoms with Gasteiger partial charge in [-0.2, -0.15) is 0 Å². The molecule has 0 aliphatic carbocycles. The molecule has 6 nitrogen and oxygen atoms in total. The Balaban J connectivity index is 1.30. The smallest absolute Gasteiger partial charge is 0.260 e. The minimum atomic E-state index is -0.283. The van der Waals surface area contributed by atoms with Gasteiger partial charge in [-0.15, -0.1) is 10.2 Å². The fourth-order valence-electron chi connectivity index (χ4n) is 3.68. The van der Waals surface area contributed by atoms with Crippen LogP contribution in [0.2, 0.25) is 5.02 Å². The molecule has 0 N–H and O–H groups in total. The van der Waals surface area contributed by atoms with Crippen molar-refractivity contribution in [1.82, 2.24) is 15.1 Å². The first-order valence-corrected chi connectivity index (χ1v) is 10.8. The van der Waals surface area contributed by atoms with Crippen LogP contribution in [-0.2, 0) is 4.79 Å². The van der Waals surface area contributed by atoms with Crippen molar-refractivity contribution in [1.29, 1.82) is 0 Å². The van der Waals surface area contributed by atoms with Crippen LogP contribution < -0.4 is 9.64 Å². The van der Waals surface area contributed by atoms with Crippen LogP contribution in [0.3, 0.4) is 0 Å². The van der Waals surface area contributed by atoms with Gasteiger partial charge in [-0.25, -0.2) is 4.39 Å². The highest BCUT2D eigenvalue weighted by molar-refractivity contribution is 6.32. The van der Waals surface area contributed by atoms with E-state index in [1.807, 2.05) is 38.1 Å². The van der Waals surface area contributed by atoms with E-state index in [1.165, 1.54) is 12.1 Å². The summed E-state index contributed by atoms with van der Waals surface area (Å²) in [6.07, 6.45) is 0. The number of aromatic nitrogens is 2. The normalized spacial score (nSPS) is 13.9. The lowest BCUT2D eigenvalue weighted by atomic mass is 10.1. The van der Waals surface area contributed by atoms with Gasteiger partial charge in [0, 0.05) is 36.8 Å². The van der Waals surface area contributed by atoms with Gasteiger partial charge in [0.05, 0.1) is 5.69 Å². The van der Waals surface area contributed by atoms with Crippen molar-refractivity contribution in [2.24, 2.45) is 0 Å². The quantitative estimate of drug-likeness (QED) is 0.576. The number of carbonyl (C=O) groups excluding carboxylic acids is 1. The monoisotopic (exact) mass is 454 g/mol. The standard InChI is InChI=1S/C24H24ClFN4O2/c1-16-13-20(14-17(2)24(16)25)32-15-23(31)30-11-9-29(10-12-30)22-8-7-21(27-28-22)18-3-5-19(26)6-4-18/h3-8,13-14H,9-12,15H2,1-2H3. The lowest BCUT2D eigenvalue weighted by Gasteiger charge is -2.35. The number of hydrogen-bond donors (Lipinski definition) is 0. The van der Waals surface area contributed by atoms with Gasteiger partial charge < -0.3 is 14.5 Å². The van der Waals surface area contributed by atoms with Gasteiger partial charge in [-0.1, -0.05) is 11.6 Å². The molecule has 166 valence electrons. The van der Waals surface area contributed by atoms with Crippen LogP contribution in [0.4, 0.5) is 10.2 Å². The van der Waals surface area contributed by atoms with Crippen molar-refractivity contribution in [3.63, 3.8) is 0 Å². The molecule has 1 aromatic heterocycles. The topological polar surface area (TPSA) is 58.6 Å². The summed E-state index contributed by atoms with van der Waals surface area (Å²) in [4.78, 5) is 16.5. The number of ether oxygens (including phenoxy) is 1. The number of aryl methyl sites for hydroxylation is 2. The van der Waals surface area contributed by atoms with E-state index in [-0.39, 0.29) is 18.3 Å². The van der Waals surface area contributed by atoms with E-state index in [0.717, 1.165) is 22.5 Å². The number of rotatable bonds is 5. The molecule has 1 aliphatic heterocycles. The van der Waals surface area contributed by atoms with Gasteiger partial charge in [0.15, 0.2) is 12.4 Å². The third-order valence-corrected chi connectivity index (χ3v) is 6.12. The Morgan fingerprint density at radius 3 is 2.25 bits per heavy atom. The van der Waals surface area contributed by atoms with Crippen molar-refractivity contribution in [2.45, 2.75) is 13.8 Å². The zero-order valence-corrected chi connectivity index (χ0v) is 18.8. The molecule has 0 saturated carbocycles. The fraction of sp³-hybridized carbons (Fsp3) is 0.292. The van der Waals surface area contributed by atoms with Crippen molar-refractivity contribution < 1.29 is 13.9 Å². The average Bonchev–Trinajstić information content (AvgIpc) is 2.81. The number of piperazine rings is 1. The average molecular weight is 455 g/mol. The Kier molecular flexibility index (Phi) is 6.55. The lowest BCUT2D eigenvalue weighted by molar-refractivity contribution is -0.133. The summed E-state index contributed by atoms with van der Waals surface area (Å²) in [7, 11) is 0. The highest BCUT2D eigenvalue weighted by Gasteiger charge is 2.22. The van der Waals surface area contributed by atoms with Crippen LogP contribution in [0, 0.1) is 19.7 Å². The maximum atomic E-state index is 13.1. The van der Waals surface area contributed by atoms with E-state index in [0.29, 0.717) is 42.6 Å². The first-order chi connectivity index (χ1) is 15.4. The molecule has 3 aromatic rings. The van der Waals surface area contributed by atoms with E-state index in [1.54, 1.807) is 17.0 Å². The zero-order valence-electron chi connectivity index (χ0n) is 18.0. The Morgan fingerprint density at radius 2 is 1.66 bits per heavy atom. The number of anilines is 1. The van der Waals surface area contributed by atoms with Gasteiger partial charge in [0.2, 0.25) is 0 Å². The summed E-state index contributed by atoms with van der Waals surface area (Å²) in [5.41, 5.74) is 3.35. The summed E-state index contributed by atoms with van der Waals surface area (Å²) >= 11 is 6.19. The van der Waals surface area contributed by atoms with Gasteiger partial charge in [0.25, 0.3) is 5.91 Å². The maximum absolute atomic E-state index is 13.1. The molecular weight excluding hydrogens is 431 g/mol. The minimum absolute atomic E-state index is 0.00726. The summed E-state index contributed by atoms with van der Waals surface area (Å²) in [5.74, 6) is 1.07. The Labute approximate surface area is 191 Å². The molecule has 2 heterocycles. The first-order valence-electron chi connectivity index (χ1n) is 10.4. The molecule has 1 aliphatic rings. The molecule has 0 bridgehead atoms. The van der Waals surface area contributed by atoms with Crippen molar-refractivity contribution in [2.75, 3.05) is 37.7 Å². The first kappa shape index (κ1) is 22.0. The molecule has 1 saturated heterocycles. The molecule has 4 rings (SSSR count). The number of carbonyl (C=O) groups is 1. The van der Waals surface area contributed by atoms with E-state index < -0.39 is 0 Å². The molecule has 0 atom stereocenters. The van der Waals surface area contributed by atoms with Gasteiger partial charge in [0.1, 0.15) is 11.6 Å². The molecule has 8 heteroatoms. The highest BCUT2D eigenvalue weighted by Crippen LogP contribution is 2.26. The Morgan fingerprint density at radius 1 is 1.00 bits per heavy atom. The van der Waals surface area contributed by atoms with E-state index in [2.05, 4.69) is 15.1 Å². The Bertz CT molecular complexity index is 1070. The second-order valence-corrected chi connectivity index (χ2v) is 8.19. The van der Waals surface area contributed by atoms with Crippen molar-refractivity contribution >= 4 is 23.3 Å². The van der Waals surface area contributed by atoms with Crippen LogP contribution in [0.5, 0.6) is 5.75 Å². The number of hydrogen-bond acceptors (Lipinski definition) is 5. The molecule has 0 radical (unpaired) electrons. The molecule has 32 heavy (non-hydrogen) atoms. The number of amides is 1.